The van der Waals surface area contributed by atoms with E-state index in [1.165, 1.54) is 13.3 Å². The maximum absolute atomic E-state index is 13.5. The third-order valence-corrected chi connectivity index (χ3v) is 6.94. The third-order valence-electron chi connectivity index (χ3n) is 6.94. The number of carbonyl (C=O) groups excluding carboxylic acids is 3. The number of hydrogen-bond donors (Lipinski definition) is 1. The Balaban J connectivity index is 1.60. The average molecular weight is 558 g/mol. The second-order valence-corrected chi connectivity index (χ2v) is 11.2. The van der Waals surface area contributed by atoms with Gasteiger partial charge in [-0.3, -0.25) is 9.58 Å². The summed E-state index contributed by atoms with van der Waals surface area (Å²) in [5, 5.41) is 6.80. The molecule has 11 heteroatoms. The summed E-state index contributed by atoms with van der Waals surface area (Å²) in [5.74, 6) is -0.375. The number of likely N-dealkylation sites (tertiary alicyclic amines) is 1. The summed E-state index contributed by atoms with van der Waals surface area (Å²) < 4.78 is 17.6. The molecule has 0 saturated carbocycles. The highest BCUT2D eigenvalue weighted by Crippen LogP contribution is 2.33. The number of nitrogens with one attached hydrogen (secondary N) is 1. The van der Waals surface area contributed by atoms with E-state index in [1.807, 2.05) is 62.9 Å². The van der Waals surface area contributed by atoms with Gasteiger partial charge in [-0.25, -0.2) is 14.4 Å². The van der Waals surface area contributed by atoms with E-state index in [1.54, 1.807) is 10.9 Å². The van der Waals surface area contributed by atoms with Crippen LogP contribution < -0.4 is 5.32 Å². The van der Waals surface area contributed by atoms with Gasteiger partial charge in [-0.15, -0.1) is 0 Å². The molecule has 3 rings (SSSR count). The number of piperidine rings is 1. The maximum Gasteiger partial charge on any atom is 0.411 e. The smallest absolute Gasteiger partial charge is 0.411 e. The van der Waals surface area contributed by atoms with Gasteiger partial charge in [0, 0.05) is 25.3 Å². The molecule has 1 fully saturated rings. The van der Waals surface area contributed by atoms with Gasteiger partial charge >= 0.3 is 18.2 Å². The second-order valence-electron chi connectivity index (χ2n) is 11.2. The SMILES string of the molecule is COC(=O)c1cnn(CCNC(=O)OCC[C@H]2CN(C)CC[C@@H]2N(C(=O)OC(C)(C)C)[C@H](C)c2ccccc2)c1. The lowest BCUT2D eigenvalue weighted by Crippen LogP contribution is -2.54. The minimum absolute atomic E-state index is 0.0725. The molecule has 3 atom stereocenters. The van der Waals surface area contributed by atoms with Crippen LogP contribution in [0.15, 0.2) is 42.7 Å². The first-order valence-electron chi connectivity index (χ1n) is 13.7. The van der Waals surface area contributed by atoms with Crippen molar-refractivity contribution in [2.75, 3.05) is 40.4 Å². The maximum atomic E-state index is 13.5. The van der Waals surface area contributed by atoms with Gasteiger partial charge < -0.3 is 24.4 Å². The van der Waals surface area contributed by atoms with Crippen molar-refractivity contribution < 1.29 is 28.6 Å². The molecule has 1 saturated heterocycles. The highest BCUT2D eigenvalue weighted by Gasteiger charge is 2.39. The van der Waals surface area contributed by atoms with E-state index in [0.29, 0.717) is 18.5 Å². The van der Waals surface area contributed by atoms with Crippen LogP contribution in [-0.2, 0) is 20.8 Å². The Kier molecular flexibility index (Phi) is 10.9. The van der Waals surface area contributed by atoms with Crippen LogP contribution >= 0.6 is 0 Å². The number of esters is 1. The predicted molar refractivity (Wildman–Crippen MR) is 150 cm³/mol. The van der Waals surface area contributed by atoms with E-state index < -0.39 is 17.7 Å². The molecule has 1 aromatic heterocycles. The van der Waals surface area contributed by atoms with Crippen LogP contribution in [0.1, 0.15) is 62.5 Å². The lowest BCUT2D eigenvalue weighted by molar-refractivity contribution is -0.0176. The summed E-state index contributed by atoms with van der Waals surface area (Å²) in [6.45, 7) is 10.2. The fraction of sp³-hybridized carbons (Fsp3) is 0.586. The van der Waals surface area contributed by atoms with Crippen molar-refractivity contribution in [1.29, 1.82) is 0 Å². The minimum atomic E-state index is -0.620. The number of amides is 2. The number of carbonyl (C=O) groups is 3. The summed E-state index contributed by atoms with van der Waals surface area (Å²) in [5.41, 5.74) is 0.766. The Morgan fingerprint density at radius 2 is 1.93 bits per heavy atom. The lowest BCUT2D eigenvalue weighted by Gasteiger charge is -2.45. The molecule has 0 unspecified atom stereocenters. The van der Waals surface area contributed by atoms with Gasteiger partial charge in [-0.05, 0) is 65.6 Å². The first-order chi connectivity index (χ1) is 19.0. The molecule has 0 aliphatic carbocycles. The summed E-state index contributed by atoms with van der Waals surface area (Å²) >= 11 is 0. The third kappa shape index (κ3) is 8.97. The first-order valence-corrected chi connectivity index (χ1v) is 13.7. The molecule has 0 radical (unpaired) electrons. The van der Waals surface area contributed by atoms with Crippen LogP contribution in [0.4, 0.5) is 9.59 Å². The van der Waals surface area contributed by atoms with Crippen molar-refractivity contribution in [1.82, 2.24) is 24.9 Å². The molecule has 1 aromatic carbocycles. The van der Waals surface area contributed by atoms with Gasteiger partial charge in [0.15, 0.2) is 0 Å². The Bertz CT molecular complexity index is 1120. The topological polar surface area (TPSA) is 115 Å². The molecule has 0 spiro atoms. The quantitative estimate of drug-likeness (QED) is 0.343. The number of methoxy groups -OCH3 is 1. The molecule has 2 amide bonds. The highest BCUT2D eigenvalue weighted by molar-refractivity contribution is 5.88. The monoisotopic (exact) mass is 557 g/mol. The first kappa shape index (κ1) is 30.9. The molecule has 40 heavy (non-hydrogen) atoms. The number of alkyl carbamates (subject to hydrolysis) is 1. The van der Waals surface area contributed by atoms with E-state index in [2.05, 4.69) is 27.1 Å². The van der Waals surface area contributed by atoms with Gasteiger partial charge in [-0.1, -0.05) is 30.3 Å². The van der Waals surface area contributed by atoms with E-state index >= 15 is 0 Å². The summed E-state index contributed by atoms with van der Waals surface area (Å²) in [7, 11) is 3.37. The zero-order chi connectivity index (χ0) is 29.3. The van der Waals surface area contributed by atoms with Crippen LogP contribution in [0.25, 0.3) is 0 Å². The molecule has 1 aliphatic heterocycles. The number of benzene rings is 1. The van der Waals surface area contributed by atoms with Crippen molar-refractivity contribution in [3.8, 4) is 0 Å². The lowest BCUT2D eigenvalue weighted by atomic mass is 9.87. The van der Waals surface area contributed by atoms with Crippen molar-refractivity contribution in [3.05, 3.63) is 53.9 Å². The van der Waals surface area contributed by atoms with Crippen molar-refractivity contribution in [2.24, 2.45) is 5.92 Å². The molecular weight excluding hydrogens is 514 g/mol. The average Bonchev–Trinajstić information content (AvgIpc) is 3.38. The zero-order valence-corrected chi connectivity index (χ0v) is 24.5. The Hall–Kier alpha value is -3.60. The van der Waals surface area contributed by atoms with Crippen molar-refractivity contribution in [3.63, 3.8) is 0 Å². The van der Waals surface area contributed by atoms with Gasteiger partial charge in [0.05, 0.1) is 38.1 Å². The minimum Gasteiger partial charge on any atom is -0.465 e. The standard InChI is InChI=1S/C29H43N5O6/c1-21(22-10-8-7-9-11-22)34(28(37)40-29(2,3)4)25-12-15-32(5)19-23(25)13-17-39-27(36)30-14-16-33-20-24(18-31-33)26(35)38-6/h7-11,18,20-21,23,25H,12-17,19H2,1-6H3,(H,30,36)/t21-,23+,25+/m1/s1. The van der Waals surface area contributed by atoms with Crippen LogP contribution in [0.5, 0.6) is 0 Å². The fourth-order valence-corrected chi connectivity index (χ4v) is 4.97. The van der Waals surface area contributed by atoms with E-state index in [0.717, 1.165) is 25.1 Å². The molecule has 1 aliphatic rings. The van der Waals surface area contributed by atoms with E-state index in [9.17, 15) is 14.4 Å². The Labute approximate surface area is 236 Å². The number of ether oxygens (including phenoxy) is 3. The van der Waals surface area contributed by atoms with Gasteiger partial charge in [0.1, 0.15) is 5.60 Å². The molecule has 2 aromatic rings. The molecule has 1 N–H and O–H groups in total. The second kappa shape index (κ2) is 14.2. The zero-order valence-electron chi connectivity index (χ0n) is 24.5. The number of nitrogens with zero attached hydrogens (tertiary/aromatic N) is 4. The number of hydrogen-bond acceptors (Lipinski definition) is 8. The van der Waals surface area contributed by atoms with Gasteiger partial charge in [-0.2, -0.15) is 5.10 Å². The number of rotatable bonds is 10. The van der Waals surface area contributed by atoms with Gasteiger partial charge in [0.25, 0.3) is 0 Å². The van der Waals surface area contributed by atoms with Crippen LogP contribution in [0.2, 0.25) is 0 Å². The highest BCUT2D eigenvalue weighted by atomic mass is 16.6. The molecule has 2 heterocycles. The molecule has 0 bridgehead atoms. The van der Waals surface area contributed by atoms with E-state index in [4.69, 9.17) is 9.47 Å². The molecular formula is C29H43N5O6. The number of aromatic nitrogens is 2. The van der Waals surface area contributed by atoms with Crippen molar-refractivity contribution in [2.45, 2.75) is 64.8 Å². The van der Waals surface area contributed by atoms with Crippen molar-refractivity contribution >= 4 is 18.2 Å². The fourth-order valence-electron chi connectivity index (χ4n) is 4.97. The summed E-state index contributed by atoms with van der Waals surface area (Å²) in [6.07, 6.45) is 3.51. The molecule has 220 valence electrons. The summed E-state index contributed by atoms with van der Waals surface area (Å²) in [6, 6.07) is 9.71. The Morgan fingerprint density at radius 1 is 1.20 bits per heavy atom. The molecule has 11 nitrogen and oxygen atoms in total. The van der Waals surface area contributed by atoms with Gasteiger partial charge in [0.2, 0.25) is 0 Å². The van der Waals surface area contributed by atoms with Crippen LogP contribution in [-0.4, -0.2) is 89.8 Å². The normalized spacial score (nSPS) is 18.4. The van der Waals surface area contributed by atoms with Crippen LogP contribution in [0.3, 0.4) is 0 Å². The summed E-state index contributed by atoms with van der Waals surface area (Å²) in [4.78, 5) is 41.6. The Morgan fingerprint density at radius 3 is 2.60 bits per heavy atom. The van der Waals surface area contributed by atoms with Crippen LogP contribution in [0, 0.1) is 5.92 Å². The predicted octanol–water partition coefficient (Wildman–Crippen LogP) is 4.10. The largest absolute Gasteiger partial charge is 0.465 e. The van der Waals surface area contributed by atoms with E-state index in [-0.39, 0.29) is 37.2 Å².